The van der Waals surface area contributed by atoms with E-state index in [1.807, 2.05) is 13.8 Å². The summed E-state index contributed by atoms with van der Waals surface area (Å²) in [5, 5.41) is 16.3. The van der Waals surface area contributed by atoms with Crippen LogP contribution in [0.4, 0.5) is 5.69 Å². The zero-order valence-electron chi connectivity index (χ0n) is 10.6. The topological polar surface area (TPSA) is 90.2 Å². The number of hydrogen-bond donors (Lipinski definition) is 2. The Kier molecular flexibility index (Phi) is 6.00. The lowest BCUT2D eigenvalue weighted by atomic mass is 10.3. The first-order chi connectivity index (χ1) is 8.61. The minimum Gasteiger partial charge on any atom is -0.491 e. The van der Waals surface area contributed by atoms with Crippen molar-refractivity contribution >= 4 is 5.69 Å². The number of aliphatic hydroxyl groups excluding tert-OH is 1. The third kappa shape index (κ3) is 5.54. The number of ether oxygens (including phenoxy) is 1. The molecule has 0 radical (unpaired) electrons. The van der Waals surface area contributed by atoms with E-state index >= 15 is 0 Å². The molecule has 0 fully saturated rings. The second-order valence-electron chi connectivity index (χ2n) is 4.21. The summed E-state index contributed by atoms with van der Waals surface area (Å²) in [6.07, 6.45) is -0.574. The summed E-state index contributed by atoms with van der Waals surface area (Å²) in [6, 6.07) is 7.12. The van der Waals surface area contributed by atoms with Crippen molar-refractivity contribution in [1.82, 2.24) is 5.32 Å². The zero-order chi connectivity index (χ0) is 13.4. The predicted molar refractivity (Wildman–Crippen MR) is 69.9 cm³/mol. The Morgan fingerprint density at radius 1 is 1.50 bits per heavy atom. The van der Waals surface area contributed by atoms with Gasteiger partial charge in [0, 0.05) is 23.2 Å². The molecule has 0 bridgehead atoms. The van der Waals surface area contributed by atoms with Crippen LogP contribution in [0.1, 0.15) is 13.8 Å². The molecule has 6 heteroatoms. The lowest BCUT2D eigenvalue weighted by Crippen LogP contribution is -2.35. The first-order valence-corrected chi connectivity index (χ1v) is 5.81. The van der Waals surface area contributed by atoms with Gasteiger partial charge in [-0.1, -0.05) is 31.1 Å². The van der Waals surface area contributed by atoms with E-state index in [9.17, 15) is 5.11 Å². The lowest BCUT2D eigenvalue weighted by molar-refractivity contribution is 0.104. The third-order valence-electron chi connectivity index (χ3n) is 2.18. The average Bonchev–Trinajstić information content (AvgIpc) is 2.35. The normalized spacial score (nSPS) is 12.0. The maximum Gasteiger partial charge on any atom is 0.119 e. The average molecular weight is 250 g/mol. The highest BCUT2D eigenvalue weighted by molar-refractivity contribution is 5.42. The van der Waals surface area contributed by atoms with Gasteiger partial charge in [0.2, 0.25) is 0 Å². The van der Waals surface area contributed by atoms with Crippen molar-refractivity contribution in [2.75, 3.05) is 13.2 Å². The van der Waals surface area contributed by atoms with Crippen LogP contribution in [0.3, 0.4) is 0 Å². The van der Waals surface area contributed by atoms with E-state index in [0.717, 1.165) is 0 Å². The molecular formula is C12H18N4O2. The molecule has 6 nitrogen and oxygen atoms in total. The van der Waals surface area contributed by atoms with E-state index in [0.29, 0.717) is 24.0 Å². The van der Waals surface area contributed by atoms with E-state index in [4.69, 9.17) is 10.3 Å². The molecular weight excluding hydrogens is 232 g/mol. The van der Waals surface area contributed by atoms with Gasteiger partial charge in [-0.25, -0.2) is 0 Å². The van der Waals surface area contributed by atoms with Crippen LogP contribution in [0.2, 0.25) is 0 Å². The molecule has 2 N–H and O–H groups in total. The van der Waals surface area contributed by atoms with Crippen LogP contribution in [0.15, 0.2) is 29.4 Å². The summed E-state index contributed by atoms with van der Waals surface area (Å²) in [5.41, 5.74) is 8.81. The molecule has 0 aliphatic rings. The molecule has 0 aliphatic carbocycles. The molecule has 18 heavy (non-hydrogen) atoms. The molecule has 1 unspecified atom stereocenters. The van der Waals surface area contributed by atoms with Gasteiger partial charge in [-0.15, -0.1) is 0 Å². The second-order valence-corrected chi connectivity index (χ2v) is 4.21. The minimum atomic E-state index is -0.574. The van der Waals surface area contributed by atoms with Crippen LogP contribution in [-0.2, 0) is 0 Å². The largest absolute Gasteiger partial charge is 0.491 e. The summed E-state index contributed by atoms with van der Waals surface area (Å²) in [5.74, 6) is 0.573. The van der Waals surface area contributed by atoms with Crippen LogP contribution in [0, 0.1) is 0 Å². The minimum absolute atomic E-state index is 0.194. The summed E-state index contributed by atoms with van der Waals surface area (Å²) < 4.78 is 5.41. The Hall–Kier alpha value is -1.75. The van der Waals surface area contributed by atoms with Crippen LogP contribution >= 0.6 is 0 Å². The summed E-state index contributed by atoms with van der Waals surface area (Å²) in [4.78, 5) is 2.70. The predicted octanol–water partition coefficient (Wildman–Crippen LogP) is 2.37. The zero-order valence-corrected chi connectivity index (χ0v) is 10.6. The molecule has 1 aromatic carbocycles. The monoisotopic (exact) mass is 250 g/mol. The third-order valence-corrected chi connectivity index (χ3v) is 2.18. The molecule has 0 amide bonds. The van der Waals surface area contributed by atoms with Crippen molar-refractivity contribution < 1.29 is 9.84 Å². The number of rotatable bonds is 7. The fraction of sp³-hybridized carbons (Fsp3) is 0.500. The molecule has 98 valence electrons. The molecule has 0 aliphatic heterocycles. The Bertz CT molecular complexity index is 416. The van der Waals surface area contributed by atoms with Gasteiger partial charge in [-0.05, 0) is 17.7 Å². The number of azide groups is 1. The molecule has 0 heterocycles. The fourth-order valence-electron chi connectivity index (χ4n) is 1.31. The van der Waals surface area contributed by atoms with Gasteiger partial charge in [0.25, 0.3) is 0 Å². The number of nitrogens with one attached hydrogen (secondary N) is 1. The molecule has 1 rings (SSSR count). The van der Waals surface area contributed by atoms with Crippen LogP contribution in [0.5, 0.6) is 5.75 Å². The maximum atomic E-state index is 9.66. The standard InChI is InChI=1S/C12H18N4O2/c1-9(2)14-7-11(17)8-18-12-5-3-4-10(6-12)15-16-13/h3-6,9,11,14,17H,7-8H2,1-2H3. The fourth-order valence-corrected chi connectivity index (χ4v) is 1.31. The Balaban J connectivity index is 2.42. The van der Waals surface area contributed by atoms with Gasteiger partial charge in [0.1, 0.15) is 18.5 Å². The van der Waals surface area contributed by atoms with Crippen molar-refractivity contribution in [3.8, 4) is 5.75 Å². The van der Waals surface area contributed by atoms with E-state index in [-0.39, 0.29) is 6.61 Å². The van der Waals surface area contributed by atoms with E-state index in [1.54, 1.807) is 24.3 Å². The number of nitrogens with zero attached hydrogens (tertiary/aromatic N) is 3. The quantitative estimate of drug-likeness (QED) is 0.442. The Morgan fingerprint density at radius 2 is 2.28 bits per heavy atom. The van der Waals surface area contributed by atoms with Crippen molar-refractivity contribution in [3.05, 3.63) is 34.7 Å². The number of benzene rings is 1. The van der Waals surface area contributed by atoms with Crippen LogP contribution in [-0.4, -0.2) is 30.4 Å². The van der Waals surface area contributed by atoms with Crippen molar-refractivity contribution in [2.24, 2.45) is 5.11 Å². The van der Waals surface area contributed by atoms with E-state index in [2.05, 4.69) is 15.3 Å². The lowest BCUT2D eigenvalue weighted by Gasteiger charge is -2.15. The van der Waals surface area contributed by atoms with Gasteiger partial charge in [-0.3, -0.25) is 0 Å². The number of aliphatic hydroxyl groups is 1. The van der Waals surface area contributed by atoms with Crippen molar-refractivity contribution in [3.63, 3.8) is 0 Å². The highest BCUT2D eigenvalue weighted by atomic mass is 16.5. The Labute approximate surface area is 106 Å². The van der Waals surface area contributed by atoms with Gasteiger partial charge in [0.15, 0.2) is 0 Å². The number of hydrogen-bond acceptors (Lipinski definition) is 4. The van der Waals surface area contributed by atoms with Crippen LogP contribution < -0.4 is 10.1 Å². The highest BCUT2D eigenvalue weighted by Gasteiger charge is 2.06. The molecule has 1 atom stereocenters. The SMILES string of the molecule is CC(C)NCC(O)COc1cccc(N=[N+]=[N-])c1. The molecule has 0 aromatic heterocycles. The molecule has 0 saturated carbocycles. The molecule has 0 saturated heterocycles. The van der Waals surface area contributed by atoms with E-state index < -0.39 is 6.10 Å². The maximum absolute atomic E-state index is 9.66. The van der Waals surface area contributed by atoms with Gasteiger partial charge in [0.05, 0.1) is 0 Å². The molecule has 1 aromatic rings. The second kappa shape index (κ2) is 7.55. The van der Waals surface area contributed by atoms with Crippen LogP contribution in [0.25, 0.3) is 10.4 Å². The Morgan fingerprint density at radius 3 is 2.94 bits per heavy atom. The summed E-state index contributed by atoms with van der Waals surface area (Å²) in [6.45, 7) is 4.70. The molecule has 0 spiro atoms. The first kappa shape index (κ1) is 14.3. The summed E-state index contributed by atoms with van der Waals surface area (Å²) >= 11 is 0. The highest BCUT2D eigenvalue weighted by Crippen LogP contribution is 2.19. The van der Waals surface area contributed by atoms with Gasteiger partial charge in [-0.2, -0.15) is 0 Å². The smallest absolute Gasteiger partial charge is 0.119 e. The first-order valence-electron chi connectivity index (χ1n) is 5.81. The van der Waals surface area contributed by atoms with E-state index in [1.165, 1.54) is 0 Å². The van der Waals surface area contributed by atoms with Gasteiger partial charge < -0.3 is 15.2 Å². The summed E-state index contributed by atoms with van der Waals surface area (Å²) in [7, 11) is 0. The van der Waals surface area contributed by atoms with Crippen molar-refractivity contribution in [1.29, 1.82) is 0 Å². The van der Waals surface area contributed by atoms with Gasteiger partial charge >= 0.3 is 0 Å². The van der Waals surface area contributed by atoms with Crippen molar-refractivity contribution in [2.45, 2.75) is 26.0 Å².